The lowest BCUT2D eigenvalue weighted by Crippen LogP contribution is -2.34. The molecule has 128 valence electrons. The lowest BCUT2D eigenvalue weighted by molar-refractivity contribution is -0.132. The highest BCUT2D eigenvalue weighted by Crippen LogP contribution is 2.37. The van der Waals surface area contributed by atoms with Crippen LogP contribution in [0.15, 0.2) is 47.6 Å². The van der Waals surface area contributed by atoms with E-state index < -0.39 is 0 Å². The molecule has 25 heavy (non-hydrogen) atoms. The third kappa shape index (κ3) is 2.76. The van der Waals surface area contributed by atoms with Crippen LogP contribution in [0.3, 0.4) is 0 Å². The van der Waals surface area contributed by atoms with Gasteiger partial charge in [-0.15, -0.1) is 0 Å². The number of carbonyl (C=O) groups excluding carboxylic acids is 1. The lowest BCUT2D eigenvalue weighted by Gasteiger charge is -2.23. The Morgan fingerprint density at radius 3 is 2.60 bits per heavy atom. The molecule has 1 amide bonds. The summed E-state index contributed by atoms with van der Waals surface area (Å²) >= 11 is 0. The standard InChI is InChI=1S/C20H20N2O3/c1-3-13(2)22-19(23)10-15-9-17-18(25-12-24-17)11-16(15)20(21-22)14-7-5-4-6-8-14/h4-9,11,13H,3,10,12H2,1-2H3. The highest BCUT2D eigenvalue weighted by Gasteiger charge is 2.29. The molecule has 2 heterocycles. The average Bonchev–Trinajstić information content (AvgIpc) is 3.03. The van der Waals surface area contributed by atoms with Crippen molar-refractivity contribution < 1.29 is 14.3 Å². The zero-order valence-electron chi connectivity index (χ0n) is 14.4. The molecule has 0 saturated heterocycles. The van der Waals surface area contributed by atoms with E-state index >= 15 is 0 Å². The molecule has 0 spiro atoms. The summed E-state index contributed by atoms with van der Waals surface area (Å²) in [6.07, 6.45) is 1.15. The number of nitrogens with zero attached hydrogens (tertiary/aromatic N) is 2. The van der Waals surface area contributed by atoms with E-state index in [1.54, 1.807) is 5.01 Å². The van der Waals surface area contributed by atoms with Crippen LogP contribution in [0.25, 0.3) is 0 Å². The number of carbonyl (C=O) groups is 1. The zero-order valence-corrected chi connectivity index (χ0v) is 14.4. The van der Waals surface area contributed by atoms with Crippen LogP contribution in [0, 0.1) is 0 Å². The fourth-order valence-electron chi connectivity index (χ4n) is 3.14. The molecule has 1 unspecified atom stereocenters. The number of amides is 1. The molecule has 2 aromatic rings. The van der Waals surface area contributed by atoms with Crippen molar-refractivity contribution in [3.8, 4) is 11.5 Å². The van der Waals surface area contributed by atoms with Crippen molar-refractivity contribution in [1.29, 1.82) is 0 Å². The van der Waals surface area contributed by atoms with E-state index in [4.69, 9.17) is 14.6 Å². The second-order valence-electron chi connectivity index (χ2n) is 6.35. The molecule has 2 aliphatic heterocycles. The molecule has 0 aromatic heterocycles. The fraction of sp³-hybridized carbons (Fsp3) is 0.300. The van der Waals surface area contributed by atoms with Crippen LogP contribution in [0.4, 0.5) is 0 Å². The Hall–Kier alpha value is -2.82. The van der Waals surface area contributed by atoms with Gasteiger partial charge in [-0.25, -0.2) is 5.01 Å². The number of benzene rings is 2. The summed E-state index contributed by atoms with van der Waals surface area (Å²) in [7, 11) is 0. The highest BCUT2D eigenvalue weighted by molar-refractivity contribution is 6.15. The van der Waals surface area contributed by atoms with Crippen LogP contribution in [-0.4, -0.2) is 29.5 Å². The second-order valence-corrected chi connectivity index (χ2v) is 6.35. The Labute approximate surface area is 146 Å². The van der Waals surface area contributed by atoms with Gasteiger partial charge in [-0.3, -0.25) is 4.79 Å². The maximum atomic E-state index is 12.8. The predicted molar refractivity (Wildman–Crippen MR) is 94.9 cm³/mol. The van der Waals surface area contributed by atoms with Gasteiger partial charge in [0.1, 0.15) is 0 Å². The molecule has 5 heteroatoms. The quantitative estimate of drug-likeness (QED) is 0.864. The van der Waals surface area contributed by atoms with Crippen LogP contribution in [0.1, 0.15) is 37.0 Å². The van der Waals surface area contributed by atoms with Crippen molar-refractivity contribution in [2.24, 2.45) is 5.10 Å². The molecule has 0 aliphatic carbocycles. The minimum Gasteiger partial charge on any atom is -0.454 e. The van der Waals surface area contributed by atoms with Crippen molar-refractivity contribution in [3.63, 3.8) is 0 Å². The van der Waals surface area contributed by atoms with Gasteiger partial charge >= 0.3 is 0 Å². The van der Waals surface area contributed by atoms with Gasteiger partial charge in [0.15, 0.2) is 11.5 Å². The molecule has 2 aliphatic rings. The summed E-state index contributed by atoms with van der Waals surface area (Å²) in [6, 6.07) is 13.8. The monoisotopic (exact) mass is 336 g/mol. The van der Waals surface area contributed by atoms with E-state index in [1.165, 1.54) is 0 Å². The van der Waals surface area contributed by atoms with Gasteiger partial charge in [-0.2, -0.15) is 5.10 Å². The van der Waals surface area contributed by atoms with Crippen LogP contribution < -0.4 is 9.47 Å². The normalized spacial score (nSPS) is 17.0. The molecule has 1 atom stereocenters. The van der Waals surface area contributed by atoms with Crippen molar-refractivity contribution in [2.75, 3.05) is 6.79 Å². The SMILES string of the molecule is CCC(C)N1N=C(c2ccccc2)c2cc3c(cc2CC1=O)OCO3. The topological polar surface area (TPSA) is 51.1 Å². The summed E-state index contributed by atoms with van der Waals surface area (Å²) in [5.74, 6) is 1.39. The molecule has 0 fully saturated rings. The third-order valence-corrected chi connectivity index (χ3v) is 4.71. The smallest absolute Gasteiger partial charge is 0.247 e. The summed E-state index contributed by atoms with van der Waals surface area (Å²) < 4.78 is 11.0. The maximum absolute atomic E-state index is 12.8. The number of ether oxygens (including phenoxy) is 2. The van der Waals surface area contributed by atoms with Crippen LogP contribution in [0.5, 0.6) is 11.5 Å². The van der Waals surface area contributed by atoms with E-state index in [0.717, 1.165) is 28.8 Å². The van der Waals surface area contributed by atoms with Gasteiger partial charge in [-0.05, 0) is 31.0 Å². The zero-order chi connectivity index (χ0) is 17.4. The first kappa shape index (κ1) is 15.7. The summed E-state index contributed by atoms with van der Waals surface area (Å²) in [5, 5.41) is 6.39. The molecule has 0 radical (unpaired) electrons. The Morgan fingerprint density at radius 1 is 1.16 bits per heavy atom. The van der Waals surface area contributed by atoms with E-state index in [0.29, 0.717) is 17.9 Å². The van der Waals surface area contributed by atoms with Crippen molar-refractivity contribution in [3.05, 3.63) is 59.2 Å². The Bertz CT molecular complexity index is 846. The summed E-state index contributed by atoms with van der Waals surface area (Å²) in [5.41, 5.74) is 3.61. The van der Waals surface area contributed by atoms with Gasteiger partial charge in [0.2, 0.25) is 12.7 Å². The molecule has 0 bridgehead atoms. The Balaban J connectivity index is 1.91. The average molecular weight is 336 g/mol. The third-order valence-electron chi connectivity index (χ3n) is 4.71. The summed E-state index contributed by atoms with van der Waals surface area (Å²) in [4.78, 5) is 12.8. The van der Waals surface area contributed by atoms with Gasteiger partial charge in [0.05, 0.1) is 18.2 Å². The first-order valence-electron chi connectivity index (χ1n) is 8.56. The largest absolute Gasteiger partial charge is 0.454 e. The Morgan fingerprint density at radius 2 is 1.88 bits per heavy atom. The number of hydrazone groups is 1. The molecular weight excluding hydrogens is 316 g/mol. The minimum absolute atomic E-state index is 0.000367. The molecule has 0 N–H and O–H groups in total. The fourth-order valence-corrected chi connectivity index (χ4v) is 3.14. The van der Waals surface area contributed by atoms with Gasteiger partial charge in [-0.1, -0.05) is 37.3 Å². The van der Waals surface area contributed by atoms with E-state index in [2.05, 4.69) is 6.92 Å². The highest BCUT2D eigenvalue weighted by atomic mass is 16.7. The second kappa shape index (κ2) is 6.24. The number of hydrogen-bond donors (Lipinski definition) is 0. The molecule has 5 nitrogen and oxygen atoms in total. The van der Waals surface area contributed by atoms with Gasteiger partial charge in [0.25, 0.3) is 0 Å². The summed E-state index contributed by atoms with van der Waals surface area (Å²) in [6.45, 7) is 4.29. The van der Waals surface area contributed by atoms with E-state index in [-0.39, 0.29) is 18.7 Å². The molecule has 2 aromatic carbocycles. The Kier molecular flexibility index (Phi) is 3.92. The first-order chi connectivity index (χ1) is 12.2. The molecule has 0 saturated carbocycles. The maximum Gasteiger partial charge on any atom is 0.247 e. The van der Waals surface area contributed by atoms with Crippen LogP contribution >= 0.6 is 0 Å². The van der Waals surface area contributed by atoms with Crippen molar-refractivity contribution >= 4 is 11.6 Å². The van der Waals surface area contributed by atoms with Gasteiger partial charge < -0.3 is 9.47 Å². The van der Waals surface area contributed by atoms with Crippen LogP contribution in [-0.2, 0) is 11.2 Å². The molecular formula is C20H20N2O3. The number of rotatable bonds is 3. The van der Waals surface area contributed by atoms with Gasteiger partial charge in [0, 0.05) is 11.1 Å². The lowest BCUT2D eigenvalue weighted by atomic mass is 9.95. The number of fused-ring (bicyclic) bond motifs is 2. The first-order valence-corrected chi connectivity index (χ1v) is 8.56. The van der Waals surface area contributed by atoms with Crippen molar-refractivity contribution in [2.45, 2.75) is 32.7 Å². The number of hydrogen-bond acceptors (Lipinski definition) is 4. The van der Waals surface area contributed by atoms with E-state index in [9.17, 15) is 4.79 Å². The molecule has 4 rings (SSSR count). The van der Waals surface area contributed by atoms with Crippen molar-refractivity contribution in [1.82, 2.24) is 5.01 Å². The van der Waals surface area contributed by atoms with Crippen LogP contribution in [0.2, 0.25) is 0 Å². The predicted octanol–water partition coefficient (Wildman–Crippen LogP) is 3.35. The minimum atomic E-state index is 0.000367. The van der Waals surface area contributed by atoms with E-state index in [1.807, 2.05) is 49.4 Å².